The number of ether oxygens (including phenoxy) is 1. The average Bonchev–Trinajstić information content (AvgIpc) is 2.18. The predicted molar refractivity (Wildman–Crippen MR) is 59.8 cm³/mol. The third-order valence-electron chi connectivity index (χ3n) is 2.13. The van der Waals surface area contributed by atoms with Crippen LogP contribution in [-0.2, 0) is 11.3 Å². The van der Waals surface area contributed by atoms with Crippen molar-refractivity contribution in [3.8, 4) is 0 Å². The van der Waals surface area contributed by atoms with Crippen molar-refractivity contribution >= 4 is 23.1 Å². The Balaban J connectivity index is 2.61. The van der Waals surface area contributed by atoms with Crippen LogP contribution in [-0.4, -0.2) is 12.1 Å². The molecule has 1 N–H and O–H groups in total. The number of rotatable bonds is 2. The number of methoxy groups -OCH3 is 1. The van der Waals surface area contributed by atoms with Gasteiger partial charge < -0.3 is 9.72 Å². The molecule has 0 aliphatic heterocycles. The normalized spacial score (nSPS) is 10.6. The first kappa shape index (κ1) is 9.37. The van der Waals surface area contributed by atoms with Gasteiger partial charge in [-0.05, 0) is 17.7 Å². The average molecular weight is 205 g/mol. The number of hydrogen-bond donors (Lipinski definition) is 1. The molecule has 1 aromatic heterocycles. The fraction of sp³-hybridized carbons (Fsp3) is 0.182. The number of benzene rings is 1. The largest absolute Gasteiger partial charge is 0.380 e. The molecule has 72 valence electrons. The van der Waals surface area contributed by atoms with Crippen LogP contribution in [0, 0.1) is 4.51 Å². The molecule has 0 amide bonds. The highest BCUT2D eigenvalue weighted by molar-refractivity contribution is 7.71. The van der Waals surface area contributed by atoms with Gasteiger partial charge in [-0.3, -0.25) is 0 Å². The molecule has 0 fully saturated rings. The van der Waals surface area contributed by atoms with Gasteiger partial charge in [-0.2, -0.15) is 0 Å². The number of hydrogen-bond acceptors (Lipinski definition) is 2. The summed E-state index contributed by atoms with van der Waals surface area (Å²) < 4.78 is 5.94. The molecule has 1 heterocycles. The van der Waals surface area contributed by atoms with E-state index in [1.54, 1.807) is 7.11 Å². The van der Waals surface area contributed by atoms with Gasteiger partial charge in [0.1, 0.15) is 0 Å². The molecule has 0 spiro atoms. The van der Waals surface area contributed by atoms with E-state index >= 15 is 0 Å². The molecule has 0 saturated carbocycles. The van der Waals surface area contributed by atoms with Crippen molar-refractivity contribution in [3.63, 3.8) is 0 Å². The maximum Gasteiger partial charge on any atom is 0.0713 e. The van der Waals surface area contributed by atoms with Gasteiger partial charge in [0, 0.05) is 28.7 Å². The minimum atomic E-state index is 0.630. The number of pyridine rings is 1. The summed E-state index contributed by atoms with van der Waals surface area (Å²) in [6, 6.07) is 8.03. The van der Waals surface area contributed by atoms with E-state index in [1.165, 1.54) is 0 Å². The molecule has 0 aliphatic rings. The van der Waals surface area contributed by atoms with E-state index in [0.717, 1.165) is 21.0 Å². The van der Waals surface area contributed by atoms with Gasteiger partial charge in [-0.15, -0.1) is 0 Å². The summed E-state index contributed by atoms with van der Waals surface area (Å²) in [6.07, 6.45) is 1.86. The third-order valence-corrected chi connectivity index (χ3v) is 2.49. The summed E-state index contributed by atoms with van der Waals surface area (Å²) >= 11 is 5.21. The van der Waals surface area contributed by atoms with Crippen LogP contribution >= 0.6 is 12.2 Å². The van der Waals surface area contributed by atoms with Crippen LogP contribution in [0.3, 0.4) is 0 Å². The van der Waals surface area contributed by atoms with Crippen LogP contribution in [0.2, 0.25) is 0 Å². The van der Waals surface area contributed by atoms with Gasteiger partial charge in [0.15, 0.2) is 0 Å². The molecule has 1 aromatic carbocycles. The number of aromatic nitrogens is 1. The lowest BCUT2D eigenvalue weighted by atomic mass is 10.1. The summed E-state index contributed by atoms with van der Waals surface area (Å²) in [4.78, 5) is 3.17. The molecule has 2 aromatic rings. The fourth-order valence-corrected chi connectivity index (χ4v) is 1.73. The molecule has 0 atom stereocenters. The van der Waals surface area contributed by atoms with Crippen LogP contribution in [0.5, 0.6) is 0 Å². The minimum Gasteiger partial charge on any atom is -0.380 e. The first-order chi connectivity index (χ1) is 6.81. The summed E-state index contributed by atoms with van der Waals surface area (Å²) in [5, 5.41) is 1.09. The Hall–Kier alpha value is -1.19. The molecular weight excluding hydrogens is 194 g/mol. The number of aromatic amines is 1. The standard InChI is InChI=1S/C11H11NOS/c1-13-7-8-2-3-9-10(6-8)12-5-4-11(9)14/h2-6H,7H2,1H3,(H,12,14). The topological polar surface area (TPSA) is 25.0 Å². The Morgan fingerprint density at radius 3 is 3.00 bits per heavy atom. The quantitative estimate of drug-likeness (QED) is 0.762. The molecule has 0 radical (unpaired) electrons. The number of fused-ring (bicyclic) bond motifs is 1. The van der Waals surface area contributed by atoms with Crippen molar-refractivity contribution in [2.75, 3.05) is 7.11 Å². The Kier molecular flexibility index (Phi) is 2.61. The molecule has 0 bridgehead atoms. The van der Waals surface area contributed by atoms with E-state index < -0.39 is 0 Å². The van der Waals surface area contributed by atoms with Crippen LogP contribution in [0.4, 0.5) is 0 Å². The van der Waals surface area contributed by atoms with Crippen molar-refractivity contribution in [1.29, 1.82) is 0 Å². The van der Waals surface area contributed by atoms with E-state index in [2.05, 4.69) is 11.1 Å². The molecule has 14 heavy (non-hydrogen) atoms. The van der Waals surface area contributed by atoms with Gasteiger partial charge in [0.05, 0.1) is 6.61 Å². The number of nitrogens with one attached hydrogen (secondary N) is 1. The molecule has 2 nitrogen and oxygen atoms in total. The van der Waals surface area contributed by atoms with Crippen LogP contribution in [0.15, 0.2) is 30.5 Å². The highest BCUT2D eigenvalue weighted by atomic mass is 32.1. The molecule has 0 aliphatic carbocycles. The van der Waals surface area contributed by atoms with Crippen LogP contribution in [0.25, 0.3) is 10.9 Å². The van der Waals surface area contributed by atoms with Gasteiger partial charge >= 0.3 is 0 Å². The van der Waals surface area contributed by atoms with Crippen molar-refractivity contribution in [2.45, 2.75) is 6.61 Å². The lowest BCUT2D eigenvalue weighted by Gasteiger charge is -2.02. The molecule has 0 unspecified atom stereocenters. The lowest BCUT2D eigenvalue weighted by molar-refractivity contribution is 0.185. The molecular formula is C11H11NOS. The molecule has 0 saturated heterocycles. The van der Waals surface area contributed by atoms with E-state index in [1.807, 2.05) is 24.4 Å². The second-order valence-electron chi connectivity index (χ2n) is 3.15. The van der Waals surface area contributed by atoms with Crippen LogP contribution < -0.4 is 0 Å². The SMILES string of the molecule is COCc1ccc2c(=S)cc[nH]c2c1. The Morgan fingerprint density at radius 1 is 1.36 bits per heavy atom. The van der Waals surface area contributed by atoms with Gasteiger partial charge in [-0.1, -0.05) is 24.4 Å². The summed E-state index contributed by atoms with van der Waals surface area (Å²) in [7, 11) is 1.69. The zero-order valence-electron chi connectivity index (χ0n) is 7.91. The van der Waals surface area contributed by atoms with Gasteiger partial charge in [0.2, 0.25) is 0 Å². The highest BCUT2D eigenvalue weighted by Crippen LogP contribution is 2.15. The van der Waals surface area contributed by atoms with Crippen molar-refractivity contribution < 1.29 is 4.74 Å². The fourth-order valence-electron chi connectivity index (χ4n) is 1.48. The second-order valence-corrected chi connectivity index (χ2v) is 3.59. The van der Waals surface area contributed by atoms with Gasteiger partial charge in [0.25, 0.3) is 0 Å². The van der Waals surface area contributed by atoms with E-state index in [-0.39, 0.29) is 0 Å². The summed E-state index contributed by atoms with van der Waals surface area (Å²) in [5.41, 5.74) is 2.21. The van der Waals surface area contributed by atoms with Crippen molar-refractivity contribution in [3.05, 3.63) is 40.5 Å². The van der Waals surface area contributed by atoms with Crippen molar-refractivity contribution in [2.24, 2.45) is 0 Å². The zero-order valence-corrected chi connectivity index (χ0v) is 8.73. The predicted octanol–water partition coefficient (Wildman–Crippen LogP) is 3.04. The first-order valence-corrected chi connectivity index (χ1v) is 4.81. The van der Waals surface area contributed by atoms with Gasteiger partial charge in [-0.25, -0.2) is 0 Å². The summed E-state index contributed by atoms with van der Waals surface area (Å²) in [6.45, 7) is 0.630. The molecule has 2 rings (SSSR count). The zero-order chi connectivity index (χ0) is 9.97. The monoisotopic (exact) mass is 205 g/mol. The number of H-pyrrole nitrogens is 1. The Labute approximate surface area is 87.5 Å². The third kappa shape index (κ3) is 1.69. The Bertz CT molecular complexity index is 504. The molecule has 3 heteroatoms. The van der Waals surface area contributed by atoms with E-state index in [4.69, 9.17) is 17.0 Å². The maximum absolute atomic E-state index is 5.21. The van der Waals surface area contributed by atoms with E-state index in [0.29, 0.717) is 6.61 Å². The lowest BCUT2D eigenvalue weighted by Crippen LogP contribution is -1.88. The van der Waals surface area contributed by atoms with Crippen molar-refractivity contribution in [1.82, 2.24) is 4.98 Å². The first-order valence-electron chi connectivity index (χ1n) is 4.40. The van der Waals surface area contributed by atoms with E-state index in [9.17, 15) is 0 Å². The maximum atomic E-state index is 5.21. The van der Waals surface area contributed by atoms with Crippen LogP contribution in [0.1, 0.15) is 5.56 Å². The minimum absolute atomic E-state index is 0.630. The second kappa shape index (κ2) is 3.90. The highest BCUT2D eigenvalue weighted by Gasteiger charge is 1.97. The Morgan fingerprint density at radius 2 is 2.21 bits per heavy atom. The smallest absolute Gasteiger partial charge is 0.0713 e. The summed E-state index contributed by atoms with van der Waals surface area (Å²) in [5.74, 6) is 0.